The molecule has 1 saturated heterocycles. The number of imidazole rings is 1. The van der Waals surface area contributed by atoms with Crippen LogP contribution in [0, 0.1) is 23.5 Å². The van der Waals surface area contributed by atoms with E-state index >= 15 is 0 Å². The lowest BCUT2D eigenvalue weighted by Crippen LogP contribution is -2.58. The third-order valence-corrected chi connectivity index (χ3v) is 9.04. The van der Waals surface area contributed by atoms with Crippen LogP contribution in [0.1, 0.15) is 63.0 Å². The Morgan fingerprint density at radius 1 is 0.915 bits per heavy atom. The molecular formula is C33H49F2N5O7. The third kappa shape index (κ3) is 9.91. The van der Waals surface area contributed by atoms with Crippen molar-refractivity contribution < 1.29 is 42.5 Å². The highest BCUT2D eigenvalue weighted by Gasteiger charge is 2.36. The van der Waals surface area contributed by atoms with Gasteiger partial charge < -0.3 is 39.0 Å². The van der Waals surface area contributed by atoms with Crippen molar-refractivity contribution in [1.29, 1.82) is 0 Å². The highest BCUT2D eigenvalue weighted by atomic mass is 19.2. The minimum absolute atomic E-state index is 0.0338. The van der Waals surface area contributed by atoms with E-state index in [1.165, 1.54) is 4.57 Å². The molecule has 0 spiro atoms. The Kier molecular flexibility index (Phi) is 14.3. The molecule has 4 rings (SSSR count). The second-order valence-corrected chi connectivity index (χ2v) is 12.2. The Morgan fingerprint density at radius 2 is 1.51 bits per heavy atom. The number of amides is 3. The van der Waals surface area contributed by atoms with E-state index in [0.717, 1.165) is 44.2 Å². The minimum Gasteiger partial charge on any atom is -0.394 e. The fourth-order valence-corrected chi connectivity index (χ4v) is 6.07. The highest BCUT2D eigenvalue weighted by Crippen LogP contribution is 2.28. The van der Waals surface area contributed by atoms with Crippen LogP contribution in [0.2, 0.25) is 0 Å². The van der Waals surface area contributed by atoms with Crippen LogP contribution in [0.15, 0.2) is 12.1 Å². The summed E-state index contributed by atoms with van der Waals surface area (Å²) >= 11 is 0. The maximum Gasteiger partial charge on any atom is 0.290 e. The summed E-state index contributed by atoms with van der Waals surface area (Å²) < 4.78 is 46.1. The molecule has 3 amide bonds. The highest BCUT2D eigenvalue weighted by molar-refractivity contribution is 5.95. The summed E-state index contributed by atoms with van der Waals surface area (Å²) in [5, 5.41) is 11.8. The number of piperazine rings is 1. The number of rotatable bonds is 17. The predicted molar refractivity (Wildman–Crippen MR) is 170 cm³/mol. The molecule has 262 valence electrons. The molecule has 1 aliphatic carbocycles. The number of aromatic nitrogens is 2. The van der Waals surface area contributed by atoms with Crippen molar-refractivity contribution in [3.63, 3.8) is 0 Å². The predicted octanol–water partition coefficient (Wildman–Crippen LogP) is 2.75. The van der Waals surface area contributed by atoms with E-state index in [0.29, 0.717) is 39.3 Å². The number of aliphatic hydroxyl groups is 1. The molecule has 0 bridgehead atoms. The molecule has 2 atom stereocenters. The van der Waals surface area contributed by atoms with Gasteiger partial charge >= 0.3 is 0 Å². The van der Waals surface area contributed by atoms with E-state index in [1.54, 1.807) is 9.80 Å². The Labute approximate surface area is 274 Å². The average Bonchev–Trinajstić information content (AvgIpc) is 3.43. The zero-order valence-electron chi connectivity index (χ0n) is 27.6. The third-order valence-electron chi connectivity index (χ3n) is 9.04. The minimum atomic E-state index is -1.06. The van der Waals surface area contributed by atoms with Gasteiger partial charge in [-0.1, -0.05) is 33.1 Å². The summed E-state index contributed by atoms with van der Waals surface area (Å²) in [5.41, 5.74) is 0.425. The number of fused-ring (bicyclic) bond motifs is 1. The topological polar surface area (TPSA) is 135 Å². The quantitative estimate of drug-likeness (QED) is 0.247. The monoisotopic (exact) mass is 665 g/mol. The van der Waals surface area contributed by atoms with Gasteiger partial charge in [-0.2, -0.15) is 0 Å². The van der Waals surface area contributed by atoms with Crippen LogP contribution in [0.3, 0.4) is 0 Å². The first kappa shape index (κ1) is 36.6. The van der Waals surface area contributed by atoms with Crippen LogP contribution in [-0.4, -0.2) is 121 Å². The van der Waals surface area contributed by atoms with Gasteiger partial charge in [0, 0.05) is 50.8 Å². The van der Waals surface area contributed by atoms with Crippen LogP contribution in [0.4, 0.5) is 8.78 Å². The number of hydrogen-bond donors (Lipinski definition) is 2. The van der Waals surface area contributed by atoms with Crippen molar-refractivity contribution in [2.75, 3.05) is 72.4 Å². The van der Waals surface area contributed by atoms with Gasteiger partial charge in [0.15, 0.2) is 17.5 Å². The molecule has 14 heteroatoms. The summed E-state index contributed by atoms with van der Waals surface area (Å²) in [7, 11) is 0. The van der Waals surface area contributed by atoms with Gasteiger partial charge in [-0.15, -0.1) is 0 Å². The smallest absolute Gasteiger partial charge is 0.290 e. The van der Waals surface area contributed by atoms with Gasteiger partial charge in [-0.3, -0.25) is 14.4 Å². The van der Waals surface area contributed by atoms with E-state index in [9.17, 15) is 23.2 Å². The van der Waals surface area contributed by atoms with Crippen molar-refractivity contribution in [2.45, 2.75) is 65.0 Å². The molecular weight excluding hydrogens is 616 g/mol. The summed E-state index contributed by atoms with van der Waals surface area (Å²) in [6.07, 6.45) is 5.67. The van der Waals surface area contributed by atoms with Crippen molar-refractivity contribution in [3.05, 3.63) is 29.6 Å². The summed E-state index contributed by atoms with van der Waals surface area (Å²) in [5.74, 6) is -2.81. The Morgan fingerprint density at radius 3 is 2.15 bits per heavy atom. The second kappa shape index (κ2) is 18.4. The molecule has 1 saturated carbocycles. The first-order valence-electron chi connectivity index (χ1n) is 16.8. The Balaban J connectivity index is 1.38. The number of halogens is 2. The molecule has 2 heterocycles. The number of benzene rings is 1. The molecule has 0 unspecified atom stereocenters. The fraction of sp³-hybridized carbons (Fsp3) is 0.697. The number of carbonyl (C=O) groups is 3. The van der Waals surface area contributed by atoms with Crippen LogP contribution in [0.25, 0.3) is 11.0 Å². The van der Waals surface area contributed by atoms with Gasteiger partial charge in [0.05, 0.1) is 57.3 Å². The molecule has 2 N–H and O–H groups in total. The van der Waals surface area contributed by atoms with Gasteiger partial charge in [0.1, 0.15) is 6.04 Å². The lowest BCUT2D eigenvalue weighted by Gasteiger charge is -2.39. The van der Waals surface area contributed by atoms with Gasteiger partial charge in [0.2, 0.25) is 11.8 Å². The van der Waals surface area contributed by atoms with E-state index < -0.39 is 23.6 Å². The van der Waals surface area contributed by atoms with Crippen LogP contribution >= 0.6 is 0 Å². The summed E-state index contributed by atoms with van der Waals surface area (Å²) in [6, 6.07) is 1.42. The van der Waals surface area contributed by atoms with E-state index in [-0.39, 0.29) is 86.6 Å². The number of nitrogens with zero attached hydrogens (tertiary/aromatic N) is 4. The zero-order valence-corrected chi connectivity index (χ0v) is 27.6. The molecule has 12 nitrogen and oxygen atoms in total. The maximum atomic E-state index is 14.2. The Bertz CT molecular complexity index is 1330. The van der Waals surface area contributed by atoms with Crippen molar-refractivity contribution in [1.82, 2.24) is 24.7 Å². The normalized spacial score (nSPS) is 17.2. The largest absolute Gasteiger partial charge is 0.394 e. The summed E-state index contributed by atoms with van der Waals surface area (Å²) in [6.45, 7) is 6.73. The first-order valence-corrected chi connectivity index (χ1v) is 16.8. The number of hydrogen-bond acceptors (Lipinski definition) is 8. The summed E-state index contributed by atoms with van der Waals surface area (Å²) in [4.78, 5) is 48.1. The standard InChI is InChI=1S/C33H49F2N5O7/c1-3-23(2)31(42)37-29(24-7-5-4-6-8-24)32(43)38-9-11-39(12-10-38)33(44)30-36-27-21-25(34)26(35)22-28(27)40(30)13-15-45-17-19-47-20-18-46-16-14-41/h21-24,29,41H,3-20H2,1-2H3,(H,37,42)/t23-,29+/m1/s1. The number of carbonyl (C=O) groups excluding carboxylic acids is 3. The van der Waals surface area contributed by atoms with E-state index in [2.05, 4.69) is 10.3 Å². The first-order chi connectivity index (χ1) is 22.7. The van der Waals surface area contributed by atoms with E-state index in [1.807, 2.05) is 13.8 Å². The average molecular weight is 666 g/mol. The van der Waals surface area contributed by atoms with E-state index in [4.69, 9.17) is 19.3 Å². The van der Waals surface area contributed by atoms with Crippen molar-refractivity contribution in [2.24, 2.45) is 11.8 Å². The lowest BCUT2D eigenvalue weighted by atomic mass is 9.83. The molecule has 2 aliphatic rings. The second-order valence-electron chi connectivity index (χ2n) is 12.2. The van der Waals surface area contributed by atoms with Gasteiger partial charge in [0.25, 0.3) is 5.91 Å². The van der Waals surface area contributed by atoms with Crippen molar-refractivity contribution in [3.8, 4) is 0 Å². The fourth-order valence-electron chi connectivity index (χ4n) is 6.07. The molecule has 2 fully saturated rings. The SMILES string of the molecule is CC[C@@H](C)C(=O)N[C@H](C(=O)N1CCN(C(=O)c2nc3cc(F)c(F)cc3n2CCOCCOCCOCCO)CC1)C1CCCCC1. The molecule has 47 heavy (non-hydrogen) atoms. The van der Waals surface area contributed by atoms with Crippen molar-refractivity contribution >= 4 is 28.8 Å². The van der Waals surface area contributed by atoms with Crippen LogP contribution in [-0.2, 0) is 30.3 Å². The number of aliphatic hydroxyl groups excluding tert-OH is 1. The molecule has 0 radical (unpaired) electrons. The van der Waals surface area contributed by atoms with Gasteiger partial charge in [-0.05, 0) is 25.2 Å². The maximum absolute atomic E-state index is 14.2. The Hall–Kier alpha value is -3.20. The molecule has 1 aromatic carbocycles. The zero-order chi connectivity index (χ0) is 33.8. The lowest BCUT2D eigenvalue weighted by molar-refractivity contribution is -0.140. The number of ether oxygens (including phenoxy) is 3. The molecule has 2 aromatic rings. The molecule has 1 aromatic heterocycles. The van der Waals surface area contributed by atoms with Crippen LogP contribution < -0.4 is 5.32 Å². The molecule has 1 aliphatic heterocycles. The van der Waals surface area contributed by atoms with Crippen LogP contribution in [0.5, 0.6) is 0 Å². The van der Waals surface area contributed by atoms with Gasteiger partial charge in [-0.25, -0.2) is 13.8 Å². The number of nitrogens with one attached hydrogen (secondary N) is 1.